The maximum absolute atomic E-state index is 12.5. The molecule has 0 aromatic heterocycles. The van der Waals surface area contributed by atoms with Gasteiger partial charge in [0.1, 0.15) is 13.2 Å². The maximum atomic E-state index is 12.5. The second-order valence-corrected chi connectivity index (χ2v) is 5.79. The van der Waals surface area contributed by atoms with Crippen LogP contribution in [0.2, 0.25) is 0 Å². The molecule has 0 saturated carbocycles. The molecule has 0 fully saturated rings. The molecule has 1 aromatic rings. The van der Waals surface area contributed by atoms with Gasteiger partial charge in [0.05, 0.1) is 5.69 Å². The minimum absolute atomic E-state index is 0.00843. The van der Waals surface area contributed by atoms with Crippen LogP contribution in [0.3, 0.4) is 0 Å². The van der Waals surface area contributed by atoms with Gasteiger partial charge in [0, 0.05) is 17.2 Å². The predicted octanol–water partition coefficient (Wildman–Crippen LogP) is 4.19. The summed E-state index contributed by atoms with van der Waals surface area (Å²) in [5.74, 6) is -0.501. The van der Waals surface area contributed by atoms with Gasteiger partial charge in [0.25, 0.3) is 0 Å². The largest absolute Gasteiger partial charge is 0.459 e. The summed E-state index contributed by atoms with van der Waals surface area (Å²) in [7, 11) is 0. The van der Waals surface area contributed by atoms with Gasteiger partial charge in [0.2, 0.25) is 0 Å². The van der Waals surface area contributed by atoms with Crippen LogP contribution in [0, 0.1) is 0 Å². The number of hydrogen-bond donors (Lipinski definition) is 0. The quantitative estimate of drug-likeness (QED) is 0.427. The number of amides is 1. The molecule has 24 heavy (non-hydrogen) atoms. The van der Waals surface area contributed by atoms with E-state index in [1.807, 2.05) is 45.0 Å². The fourth-order valence-corrected chi connectivity index (χ4v) is 2.09. The number of ether oxygens (including phenoxy) is 2. The molecular formula is C19H25NO4. The maximum Gasteiger partial charge on any atom is 0.414 e. The Balaban J connectivity index is 2.79. The number of allylic oxidation sites excluding steroid dienone is 1. The van der Waals surface area contributed by atoms with Crippen molar-refractivity contribution in [1.82, 2.24) is 0 Å². The fraction of sp³-hybridized carbons (Fsp3) is 0.368. The molecule has 5 heteroatoms. The molecule has 1 amide bonds. The van der Waals surface area contributed by atoms with Crippen LogP contribution in [0.5, 0.6) is 0 Å². The average Bonchev–Trinajstić information content (AvgIpc) is 2.51. The number of para-hydroxylation sites is 1. The van der Waals surface area contributed by atoms with E-state index in [9.17, 15) is 9.59 Å². The van der Waals surface area contributed by atoms with Crippen LogP contribution >= 0.6 is 0 Å². The van der Waals surface area contributed by atoms with E-state index < -0.39 is 12.1 Å². The lowest BCUT2D eigenvalue weighted by Crippen LogP contribution is -2.38. The lowest BCUT2D eigenvalue weighted by Gasteiger charge is -2.28. The van der Waals surface area contributed by atoms with Crippen LogP contribution in [0.25, 0.3) is 5.57 Å². The molecule has 5 nitrogen and oxygen atoms in total. The molecule has 0 N–H and O–H groups in total. The summed E-state index contributed by atoms with van der Waals surface area (Å²) in [5.41, 5.74) is 2.79. The third-order valence-corrected chi connectivity index (χ3v) is 3.23. The Bertz CT molecular complexity index is 634. The summed E-state index contributed by atoms with van der Waals surface area (Å²) in [4.78, 5) is 25.3. The molecule has 0 aliphatic heterocycles. The summed E-state index contributed by atoms with van der Waals surface area (Å²) >= 11 is 0. The third-order valence-electron chi connectivity index (χ3n) is 3.23. The molecule has 0 spiro atoms. The molecule has 0 heterocycles. The molecule has 0 unspecified atom stereocenters. The summed E-state index contributed by atoms with van der Waals surface area (Å²) in [6.07, 6.45) is -0.495. The summed E-state index contributed by atoms with van der Waals surface area (Å²) in [5, 5.41) is 0. The number of esters is 1. The molecule has 1 aromatic carbocycles. The Morgan fingerprint density at radius 1 is 1.08 bits per heavy atom. The first-order valence-corrected chi connectivity index (χ1v) is 7.79. The van der Waals surface area contributed by atoms with Gasteiger partial charge in [-0.2, -0.15) is 0 Å². The molecule has 0 aliphatic carbocycles. The van der Waals surface area contributed by atoms with Gasteiger partial charge in [-0.25, -0.2) is 9.59 Å². The lowest BCUT2D eigenvalue weighted by molar-refractivity contribution is -0.139. The molecule has 1 rings (SSSR count). The zero-order valence-electron chi connectivity index (χ0n) is 14.8. The topological polar surface area (TPSA) is 55.8 Å². The number of nitrogens with zero attached hydrogens (tertiary/aromatic N) is 1. The molecule has 130 valence electrons. The molecule has 0 aliphatic rings. The summed E-state index contributed by atoms with van der Waals surface area (Å²) in [6, 6.07) is 7.42. The van der Waals surface area contributed by atoms with Gasteiger partial charge < -0.3 is 9.47 Å². The van der Waals surface area contributed by atoms with Crippen molar-refractivity contribution < 1.29 is 19.1 Å². The van der Waals surface area contributed by atoms with Gasteiger partial charge in [0.15, 0.2) is 0 Å². The average molecular weight is 331 g/mol. The Hall–Kier alpha value is -2.56. The predicted molar refractivity (Wildman–Crippen MR) is 95.9 cm³/mol. The van der Waals surface area contributed by atoms with Gasteiger partial charge in [-0.05, 0) is 39.3 Å². The monoisotopic (exact) mass is 331 g/mol. The van der Waals surface area contributed by atoms with E-state index in [0.717, 1.165) is 16.8 Å². The molecule has 0 bridgehead atoms. The van der Waals surface area contributed by atoms with Crippen LogP contribution in [0.4, 0.5) is 10.5 Å². The van der Waals surface area contributed by atoms with Crippen LogP contribution in [0.1, 0.15) is 33.3 Å². The van der Waals surface area contributed by atoms with Gasteiger partial charge >= 0.3 is 12.1 Å². The second kappa shape index (κ2) is 8.91. The SMILES string of the molecule is C=C(C)C(=O)OCCOC(=O)N(c1ccccc1C(=C)C)C(C)C. The highest BCUT2D eigenvalue weighted by molar-refractivity contribution is 5.92. The molecular weight excluding hydrogens is 306 g/mol. The molecule has 0 atom stereocenters. The number of anilines is 1. The second-order valence-electron chi connectivity index (χ2n) is 5.79. The summed E-state index contributed by atoms with van der Waals surface area (Å²) in [6.45, 7) is 14.7. The van der Waals surface area contributed by atoms with Gasteiger partial charge in [-0.3, -0.25) is 4.90 Å². The van der Waals surface area contributed by atoms with Crippen LogP contribution in [-0.4, -0.2) is 31.3 Å². The first kappa shape index (κ1) is 19.5. The number of carbonyl (C=O) groups is 2. The van der Waals surface area contributed by atoms with Crippen molar-refractivity contribution in [2.75, 3.05) is 18.1 Å². The Labute approximate surface area is 143 Å². The van der Waals surface area contributed by atoms with E-state index in [4.69, 9.17) is 9.47 Å². The van der Waals surface area contributed by atoms with Gasteiger partial charge in [-0.15, -0.1) is 0 Å². The number of carbonyl (C=O) groups excluding carboxylic acids is 2. The first-order valence-electron chi connectivity index (χ1n) is 7.79. The Kier molecular flexibility index (Phi) is 7.24. The Morgan fingerprint density at radius 2 is 1.67 bits per heavy atom. The summed E-state index contributed by atoms with van der Waals surface area (Å²) < 4.78 is 10.1. The normalized spacial score (nSPS) is 10.2. The minimum Gasteiger partial charge on any atom is -0.459 e. The highest BCUT2D eigenvalue weighted by Crippen LogP contribution is 2.28. The first-order chi connectivity index (χ1) is 11.3. The van der Waals surface area contributed by atoms with Crippen molar-refractivity contribution >= 4 is 23.3 Å². The van der Waals surface area contributed by atoms with E-state index in [0.29, 0.717) is 5.57 Å². The van der Waals surface area contributed by atoms with Gasteiger partial charge in [-0.1, -0.05) is 31.4 Å². The standard InChI is InChI=1S/C19H25NO4/c1-13(2)16-9-7-8-10-17(16)20(15(5)6)19(22)24-12-11-23-18(21)14(3)4/h7-10,15H,1,3,11-12H2,2,4-6H3. The van der Waals surface area contributed by atoms with Crippen molar-refractivity contribution in [2.45, 2.75) is 33.7 Å². The number of rotatable bonds is 7. The van der Waals surface area contributed by atoms with E-state index in [-0.39, 0.29) is 19.3 Å². The van der Waals surface area contributed by atoms with Crippen molar-refractivity contribution in [3.05, 3.63) is 48.6 Å². The number of hydrogen-bond acceptors (Lipinski definition) is 4. The van der Waals surface area contributed by atoms with Crippen molar-refractivity contribution in [3.8, 4) is 0 Å². The van der Waals surface area contributed by atoms with Crippen molar-refractivity contribution in [3.63, 3.8) is 0 Å². The van der Waals surface area contributed by atoms with Crippen LogP contribution < -0.4 is 4.90 Å². The zero-order valence-corrected chi connectivity index (χ0v) is 14.8. The highest BCUT2D eigenvalue weighted by Gasteiger charge is 2.23. The van der Waals surface area contributed by atoms with Crippen LogP contribution in [-0.2, 0) is 14.3 Å². The number of benzene rings is 1. The zero-order chi connectivity index (χ0) is 18.3. The fourth-order valence-electron chi connectivity index (χ4n) is 2.09. The van der Waals surface area contributed by atoms with E-state index in [2.05, 4.69) is 13.2 Å². The van der Waals surface area contributed by atoms with E-state index in [1.165, 1.54) is 0 Å². The highest BCUT2D eigenvalue weighted by atomic mass is 16.6. The van der Waals surface area contributed by atoms with E-state index in [1.54, 1.807) is 11.8 Å². The van der Waals surface area contributed by atoms with Crippen molar-refractivity contribution in [2.24, 2.45) is 0 Å². The molecule has 0 saturated heterocycles. The van der Waals surface area contributed by atoms with Crippen LogP contribution in [0.15, 0.2) is 43.0 Å². The van der Waals surface area contributed by atoms with Crippen molar-refractivity contribution in [1.29, 1.82) is 0 Å². The molecule has 0 radical (unpaired) electrons. The Morgan fingerprint density at radius 3 is 2.21 bits per heavy atom. The minimum atomic E-state index is -0.501. The van der Waals surface area contributed by atoms with E-state index >= 15 is 0 Å². The smallest absolute Gasteiger partial charge is 0.414 e. The lowest BCUT2D eigenvalue weighted by atomic mass is 10.1. The third kappa shape index (κ3) is 5.26.